The lowest BCUT2D eigenvalue weighted by molar-refractivity contribution is -0.132. The largest absolute Gasteiger partial charge is 0.345 e. The Labute approximate surface area is 207 Å². The van der Waals surface area contributed by atoms with Crippen LogP contribution < -0.4 is 10.2 Å². The standard InChI is InChI=1S/C23H25ClFN5O4S/c1-14(8-9-35(2,33)34)28-23(32)18-10-27-20(11-26-18)30-13-21(31)29(15-6-7-15)12-19(30)16-4-3-5-17(25)22(16)24/h3-5,8-11,14-15,19H,6-7,12-13H2,1-2H3,(H,28,32)/b9-8+/t14-,19+/m1/s1. The first kappa shape index (κ1) is 25.1. The molecule has 0 unspecified atom stereocenters. The molecule has 1 saturated heterocycles. The van der Waals surface area contributed by atoms with Gasteiger partial charge < -0.3 is 15.1 Å². The molecule has 2 heterocycles. The Morgan fingerprint density at radius 1 is 1.26 bits per heavy atom. The molecule has 0 spiro atoms. The summed E-state index contributed by atoms with van der Waals surface area (Å²) in [4.78, 5) is 37.4. The van der Waals surface area contributed by atoms with E-state index < -0.39 is 33.6 Å². The van der Waals surface area contributed by atoms with Crippen LogP contribution in [-0.4, -0.2) is 66.5 Å². The van der Waals surface area contributed by atoms with Crippen molar-refractivity contribution in [3.63, 3.8) is 0 Å². The lowest BCUT2D eigenvalue weighted by Crippen LogP contribution is -2.53. The van der Waals surface area contributed by atoms with Crippen molar-refractivity contribution in [3.8, 4) is 0 Å². The highest BCUT2D eigenvalue weighted by atomic mass is 35.5. The van der Waals surface area contributed by atoms with Crippen LogP contribution in [0.4, 0.5) is 10.2 Å². The van der Waals surface area contributed by atoms with Crippen molar-refractivity contribution in [1.82, 2.24) is 20.2 Å². The Morgan fingerprint density at radius 2 is 2.00 bits per heavy atom. The maximum atomic E-state index is 14.2. The van der Waals surface area contributed by atoms with Gasteiger partial charge in [0, 0.05) is 30.3 Å². The molecule has 2 atom stereocenters. The number of piperazine rings is 1. The number of halogens is 2. The second-order valence-corrected chi connectivity index (χ2v) is 11.1. The third kappa shape index (κ3) is 5.96. The molecule has 2 amide bonds. The number of anilines is 1. The first-order valence-corrected chi connectivity index (χ1v) is 13.4. The third-order valence-electron chi connectivity index (χ3n) is 5.84. The average Bonchev–Trinajstić information content (AvgIpc) is 3.64. The van der Waals surface area contributed by atoms with Gasteiger partial charge in [-0.25, -0.2) is 22.8 Å². The Hall–Kier alpha value is -3.05. The molecule has 4 rings (SSSR count). The van der Waals surface area contributed by atoms with Crippen molar-refractivity contribution in [1.29, 1.82) is 0 Å². The topological polar surface area (TPSA) is 113 Å². The van der Waals surface area contributed by atoms with E-state index in [2.05, 4.69) is 15.3 Å². The van der Waals surface area contributed by atoms with E-state index in [1.807, 2.05) is 4.90 Å². The van der Waals surface area contributed by atoms with Crippen LogP contribution in [0.25, 0.3) is 0 Å². The van der Waals surface area contributed by atoms with Gasteiger partial charge in [0.25, 0.3) is 5.91 Å². The highest BCUT2D eigenvalue weighted by Crippen LogP contribution is 2.38. The summed E-state index contributed by atoms with van der Waals surface area (Å²) in [6.45, 7) is 1.97. The molecular formula is C23H25ClFN5O4S. The molecule has 0 bridgehead atoms. The number of hydrogen-bond acceptors (Lipinski definition) is 7. The number of nitrogens with one attached hydrogen (secondary N) is 1. The zero-order valence-electron chi connectivity index (χ0n) is 19.2. The minimum atomic E-state index is -3.31. The number of amides is 2. The Bertz CT molecular complexity index is 1270. The fraction of sp³-hybridized carbons (Fsp3) is 0.391. The summed E-state index contributed by atoms with van der Waals surface area (Å²) in [5.41, 5.74) is 0.566. The van der Waals surface area contributed by atoms with Crippen LogP contribution in [-0.2, 0) is 14.6 Å². The summed E-state index contributed by atoms with van der Waals surface area (Å²) < 4.78 is 36.7. The minimum Gasteiger partial charge on any atom is -0.345 e. The van der Waals surface area contributed by atoms with E-state index in [4.69, 9.17) is 11.6 Å². The molecule has 1 aliphatic heterocycles. The summed E-state index contributed by atoms with van der Waals surface area (Å²) in [5.74, 6) is -0.794. The van der Waals surface area contributed by atoms with Gasteiger partial charge in [0.05, 0.1) is 30.0 Å². The Balaban J connectivity index is 1.56. The van der Waals surface area contributed by atoms with E-state index >= 15 is 0 Å². The molecule has 1 aromatic carbocycles. The number of rotatable bonds is 7. The van der Waals surface area contributed by atoms with Crippen molar-refractivity contribution in [3.05, 3.63) is 64.2 Å². The fourth-order valence-electron chi connectivity index (χ4n) is 3.93. The lowest BCUT2D eigenvalue weighted by atomic mass is 10.0. The van der Waals surface area contributed by atoms with E-state index in [1.54, 1.807) is 24.0 Å². The number of carbonyl (C=O) groups is 2. The van der Waals surface area contributed by atoms with Gasteiger partial charge in [0.1, 0.15) is 17.3 Å². The molecule has 12 heteroatoms. The van der Waals surface area contributed by atoms with Crippen LogP contribution in [0.1, 0.15) is 41.9 Å². The summed E-state index contributed by atoms with van der Waals surface area (Å²) in [7, 11) is -3.31. The predicted molar refractivity (Wildman–Crippen MR) is 129 cm³/mol. The first-order chi connectivity index (χ1) is 16.5. The second kappa shape index (κ2) is 9.90. The van der Waals surface area contributed by atoms with Crippen molar-refractivity contribution in [2.75, 3.05) is 24.2 Å². The SMILES string of the molecule is C[C@H](/C=C/S(C)(=O)=O)NC(=O)c1cnc(N2CC(=O)N(C3CC3)C[C@H]2c2cccc(F)c2Cl)cn1. The molecule has 1 N–H and O–H groups in total. The van der Waals surface area contributed by atoms with Crippen molar-refractivity contribution in [2.45, 2.75) is 37.9 Å². The van der Waals surface area contributed by atoms with Crippen molar-refractivity contribution < 1.29 is 22.4 Å². The van der Waals surface area contributed by atoms with Gasteiger partial charge in [0.15, 0.2) is 9.84 Å². The van der Waals surface area contributed by atoms with Crippen LogP contribution in [0.5, 0.6) is 0 Å². The third-order valence-corrected chi connectivity index (χ3v) is 6.89. The van der Waals surface area contributed by atoms with Gasteiger partial charge in [-0.15, -0.1) is 0 Å². The molecule has 2 aromatic rings. The van der Waals surface area contributed by atoms with Crippen molar-refractivity contribution in [2.24, 2.45) is 0 Å². The number of aromatic nitrogens is 2. The molecular weight excluding hydrogens is 497 g/mol. The summed E-state index contributed by atoms with van der Waals surface area (Å²) in [6, 6.07) is 3.78. The van der Waals surface area contributed by atoms with E-state index in [9.17, 15) is 22.4 Å². The van der Waals surface area contributed by atoms with Gasteiger partial charge in [-0.3, -0.25) is 9.59 Å². The number of sulfone groups is 1. The second-order valence-electron chi connectivity index (χ2n) is 8.74. The number of carbonyl (C=O) groups excluding carboxylic acids is 2. The smallest absolute Gasteiger partial charge is 0.271 e. The Kier molecular flexibility index (Phi) is 7.09. The number of benzene rings is 1. The molecule has 0 radical (unpaired) electrons. The molecule has 1 aromatic heterocycles. The predicted octanol–water partition coefficient (Wildman–Crippen LogP) is 2.50. The van der Waals surface area contributed by atoms with Gasteiger partial charge in [-0.1, -0.05) is 29.8 Å². The fourth-order valence-corrected chi connectivity index (χ4v) is 4.71. The average molecular weight is 522 g/mol. The minimum absolute atomic E-state index is 0.00677. The van der Waals surface area contributed by atoms with E-state index in [0.29, 0.717) is 17.9 Å². The van der Waals surface area contributed by atoms with Crippen LogP contribution >= 0.6 is 11.6 Å². The highest BCUT2D eigenvalue weighted by Gasteiger charge is 2.41. The number of hydrogen-bond donors (Lipinski definition) is 1. The van der Waals surface area contributed by atoms with Gasteiger partial charge >= 0.3 is 0 Å². The van der Waals surface area contributed by atoms with E-state index in [0.717, 1.165) is 24.5 Å². The number of nitrogens with zero attached hydrogens (tertiary/aromatic N) is 4. The normalized spacial score (nSPS) is 19.8. The summed E-state index contributed by atoms with van der Waals surface area (Å²) in [6.07, 6.45) is 6.95. The molecule has 9 nitrogen and oxygen atoms in total. The van der Waals surface area contributed by atoms with Crippen LogP contribution in [0.3, 0.4) is 0 Å². The van der Waals surface area contributed by atoms with Crippen LogP contribution in [0, 0.1) is 5.82 Å². The molecule has 2 fully saturated rings. The monoisotopic (exact) mass is 521 g/mol. The van der Waals surface area contributed by atoms with Gasteiger partial charge in [-0.05, 0) is 31.4 Å². The highest BCUT2D eigenvalue weighted by molar-refractivity contribution is 7.93. The van der Waals surface area contributed by atoms with Crippen LogP contribution in [0.15, 0.2) is 42.1 Å². The summed E-state index contributed by atoms with van der Waals surface area (Å²) >= 11 is 6.29. The summed E-state index contributed by atoms with van der Waals surface area (Å²) in [5, 5.41) is 3.63. The maximum Gasteiger partial charge on any atom is 0.271 e. The van der Waals surface area contributed by atoms with Gasteiger partial charge in [-0.2, -0.15) is 0 Å². The molecule has 186 valence electrons. The Morgan fingerprint density at radius 3 is 2.63 bits per heavy atom. The van der Waals surface area contributed by atoms with Crippen molar-refractivity contribution >= 4 is 39.1 Å². The van der Waals surface area contributed by atoms with E-state index in [1.165, 1.54) is 24.5 Å². The molecule has 35 heavy (non-hydrogen) atoms. The zero-order chi connectivity index (χ0) is 25.3. The molecule has 2 aliphatic rings. The van der Waals surface area contributed by atoms with Gasteiger partial charge in [0.2, 0.25) is 5.91 Å². The first-order valence-electron chi connectivity index (χ1n) is 11.0. The zero-order valence-corrected chi connectivity index (χ0v) is 20.8. The van der Waals surface area contributed by atoms with E-state index in [-0.39, 0.29) is 29.2 Å². The van der Waals surface area contributed by atoms with Crippen LogP contribution in [0.2, 0.25) is 5.02 Å². The quantitative estimate of drug-likeness (QED) is 0.595. The molecule has 1 aliphatic carbocycles. The lowest BCUT2D eigenvalue weighted by Gasteiger charge is -2.42. The molecule has 1 saturated carbocycles. The maximum absolute atomic E-state index is 14.2.